The number of hydrogen-bond acceptors (Lipinski definition) is 2. The standard InChI is InChI=1S/C21H35NO2S/c1-5-17-12-9-13-19(23)20(17)18(22-25(24)21(2,3)4)15-14-16-10-7-6-8-11-16/h6-8,10-11,17-20,22-23H,5,9,12-15H2,1-4H3. The van der Waals surface area contributed by atoms with Crippen LogP contribution >= 0.6 is 0 Å². The van der Waals surface area contributed by atoms with Gasteiger partial charge in [-0.1, -0.05) is 50.1 Å². The van der Waals surface area contributed by atoms with Gasteiger partial charge in [0.2, 0.25) is 0 Å². The van der Waals surface area contributed by atoms with Gasteiger partial charge in [0, 0.05) is 12.0 Å². The number of rotatable bonds is 7. The van der Waals surface area contributed by atoms with Gasteiger partial charge in [-0.25, -0.2) is 8.93 Å². The van der Waals surface area contributed by atoms with E-state index in [1.807, 2.05) is 26.8 Å². The molecule has 0 aliphatic heterocycles. The lowest BCUT2D eigenvalue weighted by molar-refractivity contribution is 0.0123. The summed E-state index contributed by atoms with van der Waals surface area (Å²) in [5.41, 5.74) is 1.30. The van der Waals surface area contributed by atoms with Gasteiger partial charge in [-0.05, 0) is 57.9 Å². The van der Waals surface area contributed by atoms with Crippen LogP contribution in [0.5, 0.6) is 0 Å². The van der Waals surface area contributed by atoms with Crippen LogP contribution in [-0.2, 0) is 17.4 Å². The monoisotopic (exact) mass is 365 g/mol. The van der Waals surface area contributed by atoms with E-state index in [0.29, 0.717) is 5.92 Å². The molecule has 2 N–H and O–H groups in total. The van der Waals surface area contributed by atoms with Gasteiger partial charge in [-0.2, -0.15) is 0 Å². The molecule has 0 amide bonds. The molecule has 0 bridgehead atoms. The molecule has 1 aromatic carbocycles. The Hall–Kier alpha value is -0.710. The number of aliphatic hydroxyl groups excluding tert-OH is 1. The zero-order valence-corrected chi connectivity index (χ0v) is 17.0. The SMILES string of the molecule is CCC1CCCC(O)C1C(CCc1ccccc1)NS(=O)C(C)(C)C. The van der Waals surface area contributed by atoms with Gasteiger partial charge in [0.15, 0.2) is 0 Å². The summed E-state index contributed by atoms with van der Waals surface area (Å²) in [4.78, 5) is 0. The van der Waals surface area contributed by atoms with E-state index in [-0.39, 0.29) is 22.8 Å². The molecule has 3 nitrogen and oxygen atoms in total. The van der Waals surface area contributed by atoms with Crippen LogP contribution in [-0.4, -0.2) is 26.2 Å². The molecule has 0 aromatic heterocycles. The molecule has 25 heavy (non-hydrogen) atoms. The minimum atomic E-state index is -1.12. The lowest BCUT2D eigenvalue weighted by Gasteiger charge is -2.41. The summed E-state index contributed by atoms with van der Waals surface area (Å²) in [5.74, 6) is 0.697. The van der Waals surface area contributed by atoms with E-state index in [9.17, 15) is 9.32 Å². The van der Waals surface area contributed by atoms with Crippen LogP contribution in [0.25, 0.3) is 0 Å². The van der Waals surface area contributed by atoms with Gasteiger partial charge in [0.05, 0.1) is 21.8 Å². The Bertz CT molecular complexity index is 541. The molecular formula is C21H35NO2S. The Morgan fingerprint density at radius 2 is 1.92 bits per heavy atom. The van der Waals surface area contributed by atoms with Gasteiger partial charge in [0.25, 0.3) is 0 Å². The molecule has 5 unspecified atom stereocenters. The lowest BCUT2D eigenvalue weighted by atomic mass is 9.71. The first-order valence-corrected chi connectivity index (χ1v) is 10.9. The minimum absolute atomic E-state index is 0.0838. The van der Waals surface area contributed by atoms with Crippen LogP contribution in [0.15, 0.2) is 30.3 Å². The van der Waals surface area contributed by atoms with Crippen molar-refractivity contribution in [3.05, 3.63) is 35.9 Å². The van der Waals surface area contributed by atoms with Gasteiger partial charge in [-0.3, -0.25) is 0 Å². The fraction of sp³-hybridized carbons (Fsp3) is 0.714. The second kappa shape index (κ2) is 9.29. The average molecular weight is 366 g/mol. The minimum Gasteiger partial charge on any atom is -0.393 e. The molecule has 1 aliphatic rings. The maximum Gasteiger partial charge on any atom is 0.0972 e. The first-order valence-electron chi connectivity index (χ1n) is 9.73. The van der Waals surface area contributed by atoms with Crippen molar-refractivity contribution in [3.63, 3.8) is 0 Å². The third-order valence-corrected chi connectivity index (χ3v) is 7.08. The Labute approximate surface area is 156 Å². The van der Waals surface area contributed by atoms with Crippen LogP contribution in [0.4, 0.5) is 0 Å². The number of aliphatic hydroxyl groups is 1. The first-order chi connectivity index (χ1) is 11.8. The fourth-order valence-electron chi connectivity index (χ4n) is 3.97. The number of hydrogen-bond donors (Lipinski definition) is 2. The van der Waals surface area contributed by atoms with Crippen LogP contribution in [0.3, 0.4) is 0 Å². The Kier molecular flexibility index (Phi) is 7.66. The number of benzene rings is 1. The molecule has 0 heterocycles. The largest absolute Gasteiger partial charge is 0.393 e. The van der Waals surface area contributed by atoms with Crippen molar-refractivity contribution in [3.8, 4) is 0 Å². The zero-order valence-electron chi connectivity index (χ0n) is 16.2. The Balaban J connectivity index is 2.16. The van der Waals surface area contributed by atoms with Crippen LogP contribution in [0.2, 0.25) is 0 Å². The molecule has 1 aromatic rings. The van der Waals surface area contributed by atoms with E-state index in [1.54, 1.807) is 0 Å². The molecule has 0 radical (unpaired) electrons. The summed E-state index contributed by atoms with van der Waals surface area (Å²) in [7, 11) is -1.12. The van der Waals surface area contributed by atoms with Crippen molar-refractivity contribution in [1.29, 1.82) is 0 Å². The molecule has 0 spiro atoms. The normalized spacial score (nSPS) is 27.0. The van der Waals surface area contributed by atoms with E-state index in [1.165, 1.54) is 12.0 Å². The van der Waals surface area contributed by atoms with E-state index in [2.05, 4.69) is 35.9 Å². The van der Waals surface area contributed by atoms with Crippen molar-refractivity contribution >= 4 is 11.0 Å². The van der Waals surface area contributed by atoms with Gasteiger partial charge in [0.1, 0.15) is 0 Å². The number of aryl methyl sites for hydroxylation is 1. The van der Waals surface area contributed by atoms with Crippen molar-refractivity contribution in [2.75, 3.05) is 0 Å². The number of nitrogens with one attached hydrogen (secondary N) is 1. The van der Waals surface area contributed by atoms with E-state index < -0.39 is 11.0 Å². The second-order valence-corrected chi connectivity index (χ2v) is 10.4. The van der Waals surface area contributed by atoms with E-state index in [4.69, 9.17) is 0 Å². The van der Waals surface area contributed by atoms with Crippen molar-refractivity contribution in [2.45, 2.75) is 83.1 Å². The third kappa shape index (κ3) is 5.90. The predicted octanol–water partition coefficient (Wildman–Crippen LogP) is 4.23. The molecule has 5 atom stereocenters. The summed E-state index contributed by atoms with van der Waals surface area (Å²) in [6.07, 6.45) is 5.78. The van der Waals surface area contributed by atoms with Crippen molar-refractivity contribution in [2.24, 2.45) is 11.8 Å². The third-order valence-electron chi connectivity index (χ3n) is 5.45. The van der Waals surface area contributed by atoms with Crippen LogP contribution < -0.4 is 4.72 Å². The van der Waals surface area contributed by atoms with Gasteiger partial charge < -0.3 is 5.11 Å². The zero-order chi connectivity index (χ0) is 18.4. The van der Waals surface area contributed by atoms with Gasteiger partial charge in [-0.15, -0.1) is 0 Å². The molecule has 1 fully saturated rings. The maximum absolute atomic E-state index is 12.7. The maximum atomic E-state index is 12.7. The smallest absolute Gasteiger partial charge is 0.0972 e. The molecule has 1 aliphatic carbocycles. The van der Waals surface area contributed by atoms with Gasteiger partial charge >= 0.3 is 0 Å². The molecule has 2 rings (SSSR count). The van der Waals surface area contributed by atoms with E-state index >= 15 is 0 Å². The quantitative estimate of drug-likeness (QED) is 0.760. The first kappa shape index (κ1) is 20.6. The summed E-state index contributed by atoms with van der Waals surface area (Å²) < 4.78 is 15.9. The summed E-state index contributed by atoms with van der Waals surface area (Å²) in [6.45, 7) is 8.21. The van der Waals surface area contributed by atoms with Crippen molar-refractivity contribution < 1.29 is 9.32 Å². The summed E-state index contributed by atoms with van der Waals surface area (Å²) in [6, 6.07) is 10.5. The Morgan fingerprint density at radius 3 is 2.52 bits per heavy atom. The highest BCUT2D eigenvalue weighted by atomic mass is 32.2. The van der Waals surface area contributed by atoms with Crippen LogP contribution in [0.1, 0.15) is 65.4 Å². The highest BCUT2D eigenvalue weighted by molar-refractivity contribution is 7.84. The average Bonchev–Trinajstić information content (AvgIpc) is 2.58. The Morgan fingerprint density at radius 1 is 1.24 bits per heavy atom. The van der Waals surface area contributed by atoms with Crippen LogP contribution in [0, 0.1) is 11.8 Å². The molecular weight excluding hydrogens is 330 g/mol. The highest BCUT2D eigenvalue weighted by Gasteiger charge is 2.38. The summed E-state index contributed by atoms with van der Waals surface area (Å²) in [5, 5.41) is 10.7. The summed E-state index contributed by atoms with van der Waals surface area (Å²) >= 11 is 0. The lowest BCUT2D eigenvalue weighted by Crippen LogP contribution is -2.50. The molecule has 4 heteroatoms. The van der Waals surface area contributed by atoms with E-state index in [0.717, 1.165) is 32.1 Å². The predicted molar refractivity (Wildman–Crippen MR) is 107 cm³/mol. The van der Waals surface area contributed by atoms with Crippen molar-refractivity contribution in [1.82, 2.24) is 4.72 Å². The second-order valence-electron chi connectivity index (χ2n) is 8.37. The molecule has 1 saturated carbocycles. The molecule has 0 saturated heterocycles. The topological polar surface area (TPSA) is 49.3 Å². The fourth-order valence-corrected chi connectivity index (χ4v) is 4.88. The molecule has 142 valence electrons. The highest BCUT2D eigenvalue weighted by Crippen LogP contribution is 2.36.